The quantitative estimate of drug-likeness (QED) is 0.838. The average Bonchev–Trinajstić information content (AvgIpc) is 2.35. The highest BCUT2D eigenvalue weighted by molar-refractivity contribution is 5.74. The summed E-state index contributed by atoms with van der Waals surface area (Å²) in [6.07, 6.45) is 0. The van der Waals surface area contributed by atoms with Crippen molar-refractivity contribution in [2.24, 2.45) is 0 Å². The minimum Gasteiger partial charge on any atom is -0.334 e. The normalized spacial score (nSPS) is 11.3. The zero-order chi connectivity index (χ0) is 12.0. The number of urea groups is 1. The molecule has 0 bridgehead atoms. The summed E-state index contributed by atoms with van der Waals surface area (Å²) in [4.78, 5) is 13.0. The Kier molecular flexibility index (Phi) is 4.34. The fourth-order valence-corrected chi connectivity index (χ4v) is 1.16. The fraction of sp³-hybridized carbons (Fsp3) is 0.333. The maximum Gasteiger partial charge on any atom is 0.318 e. The van der Waals surface area contributed by atoms with Crippen LogP contribution in [0, 0.1) is 11.3 Å². The molecule has 1 atom stereocenters. The molecule has 1 aromatic carbocycles. The van der Waals surface area contributed by atoms with Crippen LogP contribution in [-0.4, -0.2) is 24.0 Å². The van der Waals surface area contributed by atoms with Crippen molar-refractivity contribution < 1.29 is 4.79 Å². The highest BCUT2D eigenvalue weighted by Crippen LogP contribution is 1.99. The lowest BCUT2D eigenvalue weighted by molar-refractivity contribution is 0.202. The molecule has 16 heavy (non-hydrogen) atoms. The van der Waals surface area contributed by atoms with E-state index in [0.717, 1.165) is 5.56 Å². The number of benzene rings is 1. The average molecular weight is 217 g/mol. The summed E-state index contributed by atoms with van der Waals surface area (Å²) in [6, 6.07) is 11.0. The third-order valence-electron chi connectivity index (χ3n) is 2.37. The molecular weight excluding hydrogens is 202 g/mol. The second-order valence-corrected chi connectivity index (χ2v) is 3.56. The lowest BCUT2D eigenvalue weighted by Gasteiger charge is -2.19. The van der Waals surface area contributed by atoms with Crippen LogP contribution < -0.4 is 5.32 Å². The lowest BCUT2D eigenvalue weighted by atomic mass is 10.2. The van der Waals surface area contributed by atoms with E-state index in [2.05, 4.69) is 5.32 Å². The smallest absolute Gasteiger partial charge is 0.318 e. The zero-order valence-corrected chi connectivity index (χ0v) is 9.47. The number of nitriles is 1. The first-order chi connectivity index (χ1) is 7.65. The van der Waals surface area contributed by atoms with Gasteiger partial charge in [0.25, 0.3) is 0 Å². The van der Waals surface area contributed by atoms with Gasteiger partial charge in [0.2, 0.25) is 0 Å². The van der Waals surface area contributed by atoms with Gasteiger partial charge in [-0.3, -0.25) is 0 Å². The summed E-state index contributed by atoms with van der Waals surface area (Å²) in [5.41, 5.74) is 1.04. The highest BCUT2D eigenvalue weighted by Gasteiger charge is 2.13. The SMILES string of the molecule is CC(C#N)N(C)C(=O)NCc1ccccc1. The molecule has 2 amide bonds. The maximum absolute atomic E-state index is 11.6. The van der Waals surface area contributed by atoms with E-state index in [1.54, 1.807) is 14.0 Å². The molecule has 1 aromatic rings. The van der Waals surface area contributed by atoms with Crippen LogP contribution in [0.2, 0.25) is 0 Å². The van der Waals surface area contributed by atoms with E-state index >= 15 is 0 Å². The van der Waals surface area contributed by atoms with E-state index in [1.165, 1.54) is 4.90 Å². The van der Waals surface area contributed by atoms with Crippen molar-refractivity contribution in [3.8, 4) is 6.07 Å². The van der Waals surface area contributed by atoms with Gasteiger partial charge in [-0.05, 0) is 12.5 Å². The number of nitrogens with zero attached hydrogens (tertiary/aromatic N) is 2. The first-order valence-electron chi connectivity index (χ1n) is 5.09. The minimum atomic E-state index is -0.421. The van der Waals surface area contributed by atoms with Gasteiger partial charge in [-0.2, -0.15) is 5.26 Å². The molecule has 0 saturated carbocycles. The van der Waals surface area contributed by atoms with Crippen molar-refractivity contribution in [2.45, 2.75) is 19.5 Å². The molecule has 0 aliphatic rings. The minimum absolute atomic E-state index is 0.238. The Bertz CT molecular complexity index is 383. The zero-order valence-electron chi connectivity index (χ0n) is 9.47. The van der Waals surface area contributed by atoms with Crippen LogP contribution in [0.1, 0.15) is 12.5 Å². The van der Waals surface area contributed by atoms with E-state index in [-0.39, 0.29) is 6.03 Å². The Labute approximate surface area is 95.5 Å². The van der Waals surface area contributed by atoms with Crippen molar-refractivity contribution >= 4 is 6.03 Å². The predicted octanol–water partition coefficient (Wildman–Crippen LogP) is 1.74. The van der Waals surface area contributed by atoms with Crippen LogP contribution in [-0.2, 0) is 6.54 Å². The number of rotatable bonds is 3. The van der Waals surface area contributed by atoms with E-state index in [0.29, 0.717) is 6.54 Å². The number of hydrogen-bond acceptors (Lipinski definition) is 2. The molecule has 4 nitrogen and oxygen atoms in total. The summed E-state index contributed by atoms with van der Waals surface area (Å²) in [7, 11) is 1.61. The van der Waals surface area contributed by atoms with Crippen LogP contribution in [0.3, 0.4) is 0 Å². The Hall–Kier alpha value is -2.02. The van der Waals surface area contributed by atoms with Crippen LogP contribution in [0.5, 0.6) is 0 Å². The van der Waals surface area contributed by atoms with Gasteiger partial charge >= 0.3 is 6.03 Å². The third kappa shape index (κ3) is 3.28. The van der Waals surface area contributed by atoms with E-state index in [4.69, 9.17) is 5.26 Å². The second-order valence-electron chi connectivity index (χ2n) is 3.56. The molecule has 1 N–H and O–H groups in total. The van der Waals surface area contributed by atoms with Crippen LogP contribution in [0.25, 0.3) is 0 Å². The predicted molar refractivity (Wildman–Crippen MR) is 61.5 cm³/mol. The van der Waals surface area contributed by atoms with Crippen molar-refractivity contribution in [1.29, 1.82) is 5.26 Å². The van der Waals surface area contributed by atoms with Gasteiger partial charge in [-0.25, -0.2) is 4.79 Å². The van der Waals surface area contributed by atoms with Crippen LogP contribution in [0.4, 0.5) is 4.79 Å². The van der Waals surface area contributed by atoms with Gasteiger partial charge in [-0.15, -0.1) is 0 Å². The molecule has 0 aliphatic carbocycles. The number of carbonyl (C=O) groups is 1. The highest BCUT2D eigenvalue weighted by atomic mass is 16.2. The Morgan fingerprint density at radius 1 is 1.50 bits per heavy atom. The Balaban J connectivity index is 2.45. The van der Waals surface area contributed by atoms with Gasteiger partial charge in [0.1, 0.15) is 6.04 Å². The third-order valence-corrected chi connectivity index (χ3v) is 2.37. The second kappa shape index (κ2) is 5.76. The van der Waals surface area contributed by atoms with Gasteiger partial charge in [0.05, 0.1) is 6.07 Å². The molecule has 4 heteroatoms. The van der Waals surface area contributed by atoms with Crippen molar-refractivity contribution in [1.82, 2.24) is 10.2 Å². The summed E-state index contributed by atoms with van der Waals surface area (Å²) < 4.78 is 0. The number of carbonyl (C=O) groups excluding carboxylic acids is 1. The molecule has 0 spiro atoms. The van der Waals surface area contributed by atoms with E-state index < -0.39 is 6.04 Å². The molecule has 0 aliphatic heterocycles. The first-order valence-corrected chi connectivity index (χ1v) is 5.09. The maximum atomic E-state index is 11.6. The molecule has 0 fully saturated rings. The standard InChI is InChI=1S/C12H15N3O/c1-10(8-13)15(2)12(16)14-9-11-6-4-3-5-7-11/h3-7,10H,9H2,1-2H3,(H,14,16). The molecule has 0 saturated heterocycles. The topological polar surface area (TPSA) is 56.1 Å². The van der Waals surface area contributed by atoms with Crippen LogP contribution >= 0.6 is 0 Å². The first kappa shape index (κ1) is 12.1. The number of amides is 2. The van der Waals surface area contributed by atoms with Crippen molar-refractivity contribution in [3.05, 3.63) is 35.9 Å². The monoisotopic (exact) mass is 217 g/mol. The van der Waals surface area contributed by atoms with Gasteiger partial charge in [0.15, 0.2) is 0 Å². The van der Waals surface area contributed by atoms with Gasteiger partial charge in [-0.1, -0.05) is 30.3 Å². The largest absolute Gasteiger partial charge is 0.334 e. The molecular formula is C12H15N3O. The number of nitrogens with one attached hydrogen (secondary N) is 1. The molecule has 0 aromatic heterocycles. The van der Waals surface area contributed by atoms with Gasteiger partial charge in [0, 0.05) is 13.6 Å². The molecule has 0 radical (unpaired) electrons. The summed E-state index contributed by atoms with van der Waals surface area (Å²) >= 11 is 0. The summed E-state index contributed by atoms with van der Waals surface area (Å²) in [6.45, 7) is 2.16. The van der Waals surface area contributed by atoms with E-state index in [1.807, 2.05) is 36.4 Å². The van der Waals surface area contributed by atoms with Crippen molar-refractivity contribution in [2.75, 3.05) is 7.05 Å². The lowest BCUT2D eigenvalue weighted by Crippen LogP contribution is -2.41. The number of hydrogen-bond donors (Lipinski definition) is 1. The molecule has 1 rings (SSSR count). The summed E-state index contributed by atoms with van der Waals surface area (Å²) in [5.74, 6) is 0. The van der Waals surface area contributed by atoms with Crippen molar-refractivity contribution in [3.63, 3.8) is 0 Å². The Morgan fingerprint density at radius 2 is 2.12 bits per heavy atom. The summed E-state index contributed by atoms with van der Waals surface area (Å²) in [5, 5.41) is 11.4. The van der Waals surface area contributed by atoms with Gasteiger partial charge < -0.3 is 10.2 Å². The molecule has 84 valence electrons. The van der Waals surface area contributed by atoms with E-state index in [9.17, 15) is 4.79 Å². The fourth-order valence-electron chi connectivity index (χ4n) is 1.16. The molecule has 1 unspecified atom stereocenters. The molecule has 0 heterocycles. The van der Waals surface area contributed by atoms with Crippen LogP contribution in [0.15, 0.2) is 30.3 Å². The Morgan fingerprint density at radius 3 is 2.69 bits per heavy atom.